The van der Waals surface area contributed by atoms with E-state index in [1.165, 1.54) is 5.56 Å². The minimum atomic E-state index is 0.926. The van der Waals surface area contributed by atoms with Gasteiger partial charge in [-0.25, -0.2) is 9.55 Å². The summed E-state index contributed by atoms with van der Waals surface area (Å²) in [6, 6.07) is 10.3. The number of hydrogen-bond donors (Lipinski definition) is 0. The van der Waals surface area contributed by atoms with Crippen molar-refractivity contribution in [3.63, 3.8) is 0 Å². The van der Waals surface area contributed by atoms with E-state index in [1.54, 1.807) is 0 Å². The number of nitrogens with zero attached hydrogens (tertiary/aromatic N) is 1. The fourth-order valence-electron chi connectivity index (χ4n) is 1.28. The molecule has 2 aromatic heterocycles. The average molecular weight is 172 g/mol. The summed E-state index contributed by atoms with van der Waals surface area (Å²) in [5, 5.41) is 0. The predicted molar refractivity (Wildman–Crippen MR) is 48.7 cm³/mol. The molecule has 0 aliphatic rings. The van der Waals surface area contributed by atoms with Crippen LogP contribution in [0.2, 0.25) is 0 Å². The molecular formula is C11H12N2+2. The average Bonchev–Trinajstić information content (AvgIpc) is 2.21. The SMILES string of the molecule is c1cc[n+](Cc2cc[nH+]cc2)cc1. The molecule has 0 spiro atoms. The Kier molecular flexibility index (Phi) is 2.32. The molecule has 0 saturated heterocycles. The lowest BCUT2D eigenvalue weighted by Gasteiger charge is -1.93. The lowest BCUT2D eigenvalue weighted by atomic mass is 10.2. The number of hydrogen-bond acceptors (Lipinski definition) is 0. The van der Waals surface area contributed by atoms with Crippen LogP contribution in [0.1, 0.15) is 5.56 Å². The van der Waals surface area contributed by atoms with Gasteiger partial charge in [0.1, 0.15) is 0 Å². The van der Waals surface area contributed by atoms with E-state index in [2.05, 4.69) is 34.1 Å². The lowest BCUT2D eigenvalue weighted by molar-refractivity contribution is -0.688. The second-order valence-corrected chi connectivity index (χ2v) is 2.96. The third-order valence-electron chi connectivity index (χ3n) is 1.93. The van der Waals surface area contributed by atoms with Gasteiger partial charge in [0.05, 0.1) is 0 Å². The van der Waals surface area contributed by atoms with E-state index in [-0.39, 0.29) is 0 Å². The minimum absolute atomic E-state index is 0.926. The van der Waals surface area contributed by atoms with Crippen molar-refractivity contribution < 1.29 is 9.55 Å². The maximum atomic E-state index is 3.01. The molecule has 0 radical (unpaired) electrons. The van der Waals surface area contributed by atoms with E-state index in [4.69, 9.17) is 0 Å². The van der Waals surface area contributed by atoms with Crippen molar-refractivity contribution in [1.29, 1.82) is 0 Å². The Morgan fingerprint density at radius 1 is 1.00 bits per heavy atom. The minimum Gasteiger partial charge on any atom is -0.218 e. The molecule has 0 fully saturated rings. The monoisotopic (exact) mass is 172 g/mol. The van der Waals surface area contributed by atoms with Crippen molar-refractivity contribution in [3.8, 4) is 0 Å². The van der Waals surface area contributed by atoms with Crippen molar-refractivity contribution in [2.75, 3.05) is 0 Å². The molecule has 2 aromatic rings. The van der Waals surface area contributed by atoms with Crippen molar-refractivity contribution in [3.05, 3.63) is 60.7 Å². The Balaban J connectivity index is 2.16. The molecule has 0 atom stereocenters. The van der Waals surface area contributed by atoms with Crippen LogP contribution in [0.5, 0.6) is 0 Å². The van der Waals surface area contributed by atoms with Crippen molar-refractivity contribution >= 4 is 0 Å². The number of nitrogens with one attached hydrogen (secondary N) is 1. The highest BCUT2D eigenvalue weighted by Gasteiger charge is 2.00. The van der Waals surface area contributed by atoms with Crippen molar-refractivity contribution in [2.45, 2.75) is 6.54 Å². The van der Waals surface area contributed by atoms with Gasteiger partial charge >= 0.3 is 0 Å². The normalized spacial score (nSPS) is 9.85. The van der Waals surface area contributed by atoms with Crippen LogP contribution in [0.3, 0.4) is 0 Å². The summed E-state index contributed by atoms with van der Waals surface area (Å²) in [5.41, 5.74) is 1.30. The maximum absolute atomic E-state index is 3.01. The van der Waals surface area contributed by atoms with Crippen molar-refractivity contribution in [2.24, 2.45) is 0 Å². The van der Waals surface area contributed by atoms with Gasteiger partial charge in [0.2, 0.25) is 0 Å². The second kappa shape index (κ2) is 3.81. The number of aromatic amines is 1. The second-order valence-electron chi connectivity index (χ2n) is 2.96. The van der Waals surface area contributed by atoms with E-state index >= 15 is 0 Å². The van der Waals surface area contributed by atoms with Crippen LogP contribution in [-0.2, 0) is 6.54 Å². The molecule has 0 unspecified atom stereocenters. The van der Waals surface area contributed by atoms with E-state index < -0.39 is 0 Å². The van der Waals surface area contributed by atoms with Crippen LogP contribution in [0.25, 0.3) is 0 Å². The van der Waals surface area contributed by atoms with Crippen molar-refractivity contribution in [1.82, 2.24) is 0 Å². The highest BCUT2D eigenvalue weighted by Crippen LogP contribution is 1.92. The molecule has 0 bridgehead atoms. The summed E-state index contributed by atoms with van der Waals surface area (Å²) in [6.07, 6.45) is 8.02. The van der Waals surface area contributed by atoms with E-state index in [9.17, 15) is 0 Å². The van der Waals surface area contributed by atoms with E-state index in [0.717, 1.165) is 6.54 Å². The highest BCUT2D eigenvalue weighted by molar-refractivity contribution is 5.04. The smallest absolute Gasteiger partial charge is 0.174 e. The van der Waals surface area contributed by atoms with Gasteiger partial charge in [0.25, 0.3) is 0 Å². The lowest BCUT2D eigenvalue weighted by Crippen LogP contribution is -2.32. The first-order valence-electron chi connectivity index (χ1n) is 4.34. The summed E-state index contributed by atoms with van der Waals surface area (Å²) in [6.45, 7) is 0.926. The van der Waals surface area contributed by atoms with Gasteiger partial charge in [-0.2, -0.15) is 0 Å². The van der Waals surface area contributed by atoms with Crippen LogP contribution in [0.15, 0.2) is 55.1 Å². The molecule has 1 N–H and O–H groups in total. The third kappa shape index (κ3) is 2.12. The largest absolute Gasteiger partial charge is 0.218 e. The molecule has 2 nitrogen and oxygen atoms in total. The summed E-state index contributed by atoms with van der Waals surface area (Å²) in [7, 11) is 0. The molecule has 13 heavy (non-hydrogen) atoms. The maximum Gasteiger partial charge on any atom is 0.174 e. The Labute approximate surface area is 77.5 Å². The summed E-state index contributed by atoms with van der Waals surface area (Å²) >= 11 is 0. The van der Waals surface area contributed by atoms with Gasteiger partial charge in [-0.1, -0.05) is 6.07 Å². The predicted octanol–water partition coefficient (Wildman–Crippen LogP) is 0.836. The number of H-pyrrole nitrogens is 1. The van der Waals surface area contributed by atoms with Crippen LogP contribution in [0.4, 0.5) is 0 Å². The zero-order valence-corrected chi connectivity index (χ0v) is 7.35. The molecule has 2 heterocycles. The van der Waals surface area contributed by atoms with Crippen LogP contribution in [0, 0.1) is 0 Å². The molecule has 2 heteroatoms. The van der Waals surface area contributed by atoms with Crippen LogP contribution < -0.4 is 9.55 Å². The number of pyridine rings is 2. The Morgan fingerprint density at radius 2 is 1.69 bits per heavy atom. The molecule has 0 amide bonds. The zero-order chi connectivity index (χ0) is 8.93. The highest BCUT2D eigenvalue weighted by atomic mass is 14.9. The first-order valence-corrected chi connectivity index (χ1v) is 4.34. The van der Waals surface area contributed by atoms with Crippen LogP contribution >= 0.6 is 0 Å². The van der Waals surface area contributed by atoms with E-state index in [1.807, 2.05) is 30.6 Å². The standard InChI is InChI=1S/C11H11N2/c1-2-8-13(9-3-1)10-11-4-6-12-7-5-11/h1-9H,10H2/q+1/p+1. The first kappa shape index (κ1) is 7.92. The van der Waals surface area contributed by atoms with Gasteiger partial charge in [-0.15, -0.1) is 0 Å². The fourth-order valence-corrected chi connectivity index (χ4v) is 1.28. The van der Waals surface area contributed by atoms with Gasteiger partial charge in [0.15, 0.2) is 31.3 Å². The third-order valence-corrected chi connectivity index (χ3v) is 1.93. The number of aromatic nitrogens is 2. The molecular weight excluding hydrogens is 160 g/mol. The summed E-state index contributed by atoms with van der Waals surface area (Å²) in [4.78, 5) is 3.01. The fraction of sp³-hybridized carbons (Fsp3) is 0.0909. The molecule has 0 aliphatic carbocycles. The van der Waals surface area contributed by atoms with E-state index in [0.29, 0.717) is 0 Å². The Bertz CT molecular complexity index is 319. The molecule has 2 rings (SSSR count). The zero-order valence-electron chi connectivity index (χ0n) is 7.35. The topological polar surface area (TPSA) is 18.0 Å². The quantitative estimate of drug-likeness (QED) is 0.597. The summed E-state index contributed by atoms with van der Waals surface area (Å²) in [5.74, 6) is 0. The Hall–Kier alpha value is -1.70. The molecule has 0 aliphatic heterocycles. The van der Waals surface area contributed by atoms with Gasteiger partial charge < -0.3 is 0 Å². The summed E-state index contributed by atoms with van der Waals surface area (Å²) < 4.78 is 2.15. The van der Waals surface area contributed by atoms with Gasteiger partial charge in [-0.3, -0.25) is 0 Å². The number of rotatable bonds is 2. The van der Waals surface area contributed by atoms with Crippen LogP contribution in [-0.4, -0.2) is 0 Å². The molecule has 64 valence electrons. The first-order chi connectivity index (χ1) is 6.45. The molecule has 0 aromatic carbocycles. The van der Waals surface area contributed by atoms with Gasteiger partial charge in [0, 0.05) is 29.8 Å². The van der Waals surface area contributed by atoms with Gasteiger partial charge in [-0.05, 0) is 0 Å². The molecule has 0 saturated carbocycles. The Morgan fingerprint density at radius 3 is 2.38 bits per heavy atom.